The Kier molecular flexibility index (Phi) is 4.54. The highest BCUT2D eigenvalue weighted by Crippen LogP contribution is 2.32. The Hall–Kier alpha value is -3.10. The molecule has 0 saturated carbocycles. The van der Waals surface area contributed by atoms with Gasteiger partial charge in [-0.3, -0.25) is 4.79 Å². The second-order valence-corrected chi connectivity index (χ2v) is 5.91. The number of aryl methyl sites for hydroxylation is 1. The minimum absolute atomic E-state index is 0.311. The van der Waals surface area contributed by atoms with Crippen LogP contribution in [0.15, 0.2) is 52.9 Å². The van der Waals surface area contributed by atoms with Crippen LogP contribution in [0.5, 0.6) is 0 Å². The van der Waals surface area contributed by atoms with Gasteiger partial charge in [-0.15, -0.1) is 0 Å². The van der Waals surface area contributed by atoms with Crippen LogP contribution >= 0.6 is 0 Å². The van der Waals surface area contributed by atoms with Crippen LogP contribution in [0.2, 0.25) is 0 Å². The van der Waals surface area contributed by atoms with Crippen molar-refractivity contribution in [2.24, 2.45) is 10.4 Å². The summed E-state index contributed by atoms with van der Waals surface area (Å²) in [6.45, 7) is 2.18. The summed E-state index contributed by atoms with van der Waals surface area (Å²) >= 11 is 0. The number of halogens is 3. The minimum atomic E-state index is -4.42. The average Bonchev–Trinajstić information content (AvgIpc) is 3.00. The average molecular weight is 363 g/mol. The summed E-state index contributed by atoms with van der Waals surface area (Å²) in [6.07, 6.45) is -4.62. The van der Waals surface area contributed by atoms with E-state index in [0.717, 1.165) is 23.3 Å². The van der Waals surface area contributed by atoms with Crippen LogP contribution in [0.25, 0.3) is 0 Å². The van der Waals surface area contributed by atoms with E-state index in [0.29, 0.717) is 24.2 Å². The van der Waals surface area contributed by atoms with Crippen molar-refractivity contribution in [2.45, 2.75) is 25.8 Å². The van der Waals surface area contributed by atoms with Crippen LogP contribution in [0.4, 0.5) is 24.5 Å². The highest BCUT2D eigenvalue weighted by molar-refractivity contribution is 5.65. The van der Waals surface area contributed by atoms with E-state index in [-0.39, 0.29) is 0 Å². The molecule has 1 unspecified atom stereocenters. The molecule has 9 heteroatoms. The number of aldehydes is 1. The van der Waals surface area contributed by atoms with Crippen LogP contribution in [0.1, 0.15) is 16.7 Å². The largest absolute Gasteiger partial charge is 0.416 e. The highest BCUT2D eigenvalue weighted by Gasteiger charge is 2.33. The summed E-state index contributed by atoms with van der Waals surface area (Å²) in [7, 11) is 0. The van der Waals surface area contributed by atoms with Gasteiger partial charge in [0.15, 0.2) is 12.5 Å². The summed E-state index contributed by atoms with van der Waals surface area (Å²) in [5.74, 6) is 0. The quantitative estimate of drug-likeness (QED) is 0.664. The fourth-order valence-electron chi connectivity index (χ4n) is 2.61. The second kappa shape index (κ2) is 6.66. The molecule has 1 heterocycles. The number of benzene rings is 2. The van der Waals surface area contributed by atoms with Crippen molar-refractivity contribution in [1.82, 2.24) is 5.01 Å². The number of rotatable bonds is 4. The standard InChI is InChI=1S/C17H16F3N5O/c1-11-8-12(2-7-15(11)21)9-24-16(10-26)25(23-22-24)14-5-3-13(4-6-14)17(18,19)20/h2-8,10,16H,9,21H2,1H3. The van der Waals surface area contributed by atoms with E-state index >= 15 is 0 Å². The molecule has 0 aromatic heterocycles. The lowest BCUT2D eigenvalue weighted by Crippen LogP contribution is -2.39. The van der Waals surface area contributed by atoms with Crippen molar-refractivity contribution in [1.29, 1.82) is 0 Å². The van der Waals surface area contributed by atoms with Crippen molar-refractivity contribution < 1.29 is 18.0 Å². The lowest BCUT2D eigenvalue weighted by molar-refractivity contribution is -0.137. The van der Waals surface area contributed by atoms with Crippen molar-refractivity contribution in [3.05, 3.63) is 59.2 Å². The Morgan fingerprint density at radius 1 is 1.15 bits per heavy atom. The van der Waals surface area contributed by atoms with Gasteiger partial charge in [-0.05, 0) is 53.6 Å². The van der Waals surface area contributed by atoms with Crippen LogP contribution in [-0.4, -0.2) is 17.5 Å². The van der Waals surface area contributed by atoms with Crippen LogP contribution < -0.4 is 10.7 Å². The van der Waals surface area contributed by atoms with Crippen molar-refractivity contribution in [3.8, 4) is 0 Å². The van der Waals surface area contributed by atoms with Gasteiger partial charge in [0.1, 0.15) is 0 Å². The van der Waals surface area contributed by atoms with Gasteiger partial charge in [-0.1, -0.05) is 17.4 Å². The topological polar surface area (TPSA) is 74.3 Å². The zero-order valence-corrected chi connectivity index (χ0v) is 13.8. The molecule has 136 valence electrons. The molecule has 0 amide bonds. The first-order valence-electron chi connectivity index (χ1n) is 7.74. The van der Waals surface area contributed by atoms with Gasteiger partial charge in [0.25, 0.3) is 0 Å². The number of carbonyl (C=O) groups is 1. The van der Waals surface area contributed by atoms with E-state index < -0.39 is 17.9 Å². The number of hydrogen-bond acceptors (Lipinski definition) is 6. The molecule has 0 radical (unpaired) electrons. The third-order valence-electron chi connectivity index (χ3n) is 4.07. The first-order chi connectivity index (χ1) is 12.3. The lowest BCUT2D eigenvalue weighted by atomic mass is 10.1. The number of anilines is 2. The van der Waals surface area contributed by atoms with Gasteiger partial charge in [0.2, 0.25) is 0 Å². The first kappa shape index (κ1) is 17.7. The van der Waals surface area contributed by atoms with Crippen molar-refractivity contribution in [3.63, 3.8) is 0 Å². The summed E-state index contributed by atoms with van der Waals surface area (Å²) < 4.78 is 38.0. The van der Waals surface area contributed by atoms with Crippen LogP contribution in [0, 0.1) is 6.92 Å². The fourth-order valence-corrected chi connectivity index (χ4v) is 2.61. The van der Waals surface area contributed by atoms with Gasteiger partial charge in [0.05, 0.1) is 17.8 Å². The third kappa shape index (κ3) is 3.46. The summed E-state index contributed by atoms with van der Waals surface area (Å²) in [5.41, 5.74) is 7.82. The molecule has 2 N–H and O–H groups in total. The Morgan fingerprint density at radius 2 is 1.85 bits per heavy atom. The molecule has 3 rings (SSSR count). The fraction of sp³-hybridized carbons (Fsp3) is 0.235. The third-order valence-corrected chi connectivity index (χ3v) is 4.07. The molecule has 2 aromatic rings. The first-order valence-corrected chi connectivity index (χ1v) is 7.74. The zero-order valence-electron chi connectivity index (χ0n) is 13.8. The monoisotopic (exact) mass is 363 g/mol. The minimum Gasteiger partial charge on any atom is -0.399 e. The predicted octanol–water partition coefficient (Wildman–Crippen LogP) is 3.73. The van der Waals surface area contributed by atoms with E-state index in [1.165, 1.54) is 22.2 Å². The number of nitrogens with zero attached hydrogens (tertiary/aromatic N) is 4. The Morgan fingerprint density at radius 3 is 2.42 bits per heavy atom. The van der Waals surface area contributed by atoms with Crippen molar-refractivity contribution >= 4 is 17.7 Å². The van der Waals surface area contributed by atoms with E-state index in [4.69, 9.17) is 5.73 Å². The van der Waals surface area contributed by atoms with Crippen LogP contribution in [0.3, 0.4) is 0 Å². The van der Waals surface area contributed by atoms with Gasteiger partial charge in [-0.2, -0.15) is 13.2 Å². The van der Waals surface area contributed by atoms with E-state index in [2.05, 4.69) is 10.4 Å². The second-order valence-electron chi connectivity index (χ2n) is 5.91. The molecule has 0 saturated heterocycles. The van der Waals surface area contributed by atoms with Gasteiger partial charge >= 0.3 is 6.18 Å². The van der Waals surface area contributed by atoms with Crippen LogP contribution in [-0.2, 0) is 17.5 Å². The highest BCUT2D eigenvalue weighted by atomic mass is 19.4. The summed E-state index contributed by atoms with van der Waals surface area (Å²) in [6, 6.07) is 9.87. The summed E-state index contributed by atoms with van der Waals surface area (Å²) in [5, 5.41) is 10.6. The molecular formula is C17H16F3N5O. The molecule has 26 heavy (non-hydrogen) atoms. The molecule has 6 nitrogen and oxygen atoms in total. The maximum absolute atomic E-state index is 12.7. The Labute approximate surface area is 147 Å². The predicted molar refractivity (Wildman–Crippen MR) is 89.8 cm³/mol. The summed E-state index contributed by atoms with van der Waals surface area (Å²) in [4.78, 5) is 11.5. The van der Waals surface area contributed by atoms with E-state index in [9.17, 15) is 18.0 Å². The maximum Gasteiger partial charge on any atom is 0.416 e. The molecule has 1 aliphatic rings. The molecular weight excluding hydrogens is 347 g/mol. The SMILES string of the molecule is Cc1cc(CN2N=NN(c3ccc(C(F)(F)F)cc3)C2C=O)ccc1N. The molecule has 2 aromatic carbocycles. The number of nitrogen functional groups attached to an aromatic ring is 1. The molecule has 1 atom stereocenters. The number of hydrogen-bond donors (Lipinski definition) is 1. The van der Waals surface area contributed by atoms with E-state index in [1.807, 2.05) is 19.1 Å². The molecule has 1 aliphatic heterocycles. The van der Waals surface area contributed by atoms with E-state index in [1.54, 1.807) is 6.07 Å². The molecule has 0 spiro atoms. The maximum atomic E-state index is 12.7. The Bertz CT molecular complexity index is 835. The van der Waals surface area contributed by atoms with Gasteiger partial charge < -0.3 is 5.73 Å². The number of nitrogens with two attached hydrogens (primary N) is 1. The smallest absolute Gasteiger partial charge is 0.399 e. The normalized spacial score (nSPS) is 17.0. The molecule has 0 bridgehead atoms. The molecule has 0 fully saturated rings. The lowest BCUT2D eigenvalue weighted by Gasteiger charge is -2.24. The molecule has 0 aliphatic carbocycles. The number of alkyl halides is 3. The Balaban J connectivity index is 1.78. The number of carbonyl (C=O) groups excluding carboxylic acids is 1. The van der Waals surface area contributed by atoms with Crippen molar-refractivity contribution in [2.75, 3.05) is 10.7 Å². The zero-order chi connectivity index (χ0) is 18.9. The van der Waals surface area contributed by atoms with Gasteiger partial charge in [-0.25, -0.2) is 10.0 Å². The van der Waals surface area contributed by atoms with Gasteiger partial charge in [0, 0.05) is 5.69 Å².